The lowest BCUT2D eigenvalue weighted by Crippen LogP contribution is -2.34. The molecule has 0 saturated carbocycles. The van der Waals surface area contributed by atoms with Gasteiger partial charge in [-0.05, 0) is 43.5 Å². The molecule has 2 aromatic carbocycles. The summed E-state index contributed by atoms with van der Waals surface area (Å²) in [5.41, 5.74) is 2.12. The zero-order valence-corrected chi connectivity index (χ0v) is 14.5. The molecule has 0 aromatic heterocycles. The van der Waals surface area contributed by atoms with Gasteiger partial charge in [0, 0.05) is 0 Å². The summed E-state index contributed by atoms with van der Waals surface area (Å²) in [5.74, 6) is 0.457. The van der Waals surface area contributed by atoms with Crippen molar-refractivity contribution in [1.82, 2.24) is 0 Å². The van der Waals surface area contributed by atoms with Crippen LogP contribution in [0.4, 0.5) is 0 Å². The molecule has 2 rings (SSSR count). The van der Waals surface area contributed by atoms with E-state index in [0.29, 0.717) is 13.0 Å². The van der Waals surface area contributed by atoms with Crippen LogP contribution in [0.25, 0.3) is 0 Å². The summed E-state index contributed by atoms with van der Waals surface area (Å²) >= 11 is 0. The number of esters is 1. The fourth-order valence-corrected chi connectivity index (χ4v) is 2.79. The quantitative estimate of drug-likeness (QED) is 0.549. The molecule has 1 atom stereocenters. The highest BCUT2D eigenvalue weighted by atomic mass is 16.5. The van der Waals surface area contributed by atoms with Gasteiger partial charge in [0.25, 0.3) is 0 Å². The largest absolute Gasteiger partial charge is 0.489 e. The molecule has 0 bridgehead atoms. The van der Waals surface area contributed by atoms with Gasteiger partial charge in [-0.1, -0.05) is 48.0 Å². The Morgan fingerprint density at radius 1 is 1.12 bits per heavy atom. The fourth-order valence-electron chi connectivity index (χ4n) is 2.79. The molecule has 24 heavy (non-hydrogen) atoms. The predicted octanol–water partition coefficient (Wildman–Crippen LogP) is 4.66. The van der Waals surface area contributed by atoms with Gasteiger partial charge in [0.2, 0.25) is 0 Å². The van der Waals surface area contributed by atoms with Crippen LogP contribution in [0.3, 0.4) is 0 Å². The molecule has 0 radical (unpaired) electrons. The summed E-state index contributed by atoms with van der Waals surface area (Å²) in [6, 6.07) is 17.6. The molecular formula is C21H24O3. The van der Waals surface area contributed by atoms with E-state index in [1.807, 2.05) is 68.4 Å². The number of ether oxygens (including phenoxy) is 2. The Balaban J connectivity index is 2.23. The first-order valence-electron chi connectivity index (χ1n) is 7.96. The van der Waals surface area contributed by atoms with Crippen LogP contribution in [0.15, 0.2) is 66.7 Å². The van der Waals surface area contributed by atoms with E-state index in [-0.39, 0.29) is 5.97 Å². The molecule has 0 fully saturated rings. The second-order valence-corrected chi connectivity index (χ2v) is 6.26. The number of methoxy groups -OCH3 is 1. The van der Waals surface area contributed by atoms with E-state index in [1.54, 1.807) is 0 Å². The van der Waals surface area contributed by atoms with E-state index in [9.17, 15) is 4.79 Å². The summed E-state index contributed by atoms with van der Waals surface area (Å²) in [7, 11) is 1.41. The highest BCUT2D eigenvalue weighted by Crippen LogP contribution is 2.33. The summed E-state index contributed by atoms with van der Waals surface area (Å²) < 4.78 is 10.9. The van der Waals surface area contributed by atoms with Gasteiger partial charge in [-0.15, -0.1) is 6.58 Å². The van der Waals surface area contributed by atoms with Crippen LogP contribution in [0, 0.1) is 0 Å². The van der Waals surface area contributed by atoms with Crippen molar-refractivity contribution < 1.29 is 14.3 Å². The van der Waals surface area contributed by atoms with Crippen molar-refractivity contribution in [3.05, 3.63) is 77.9 Å². The number of hydrogen-bond donors (Lipinski definition) is 0. The van der Waals surface area contributed by atoms with Gasteiger partial charge in [-0.3, -0.25) is 4.79 Å². The van der Waals surface area contributed by atoms with Crippen LogP contribution in [0.2, 0.25) is 0 Å². The van der Waals surface area contributed by atoms with E-state index in [2.05, 4.69) is 6.58 Å². The molecule has 0 N–H and O–H groups in total. The highest BCUT2D eigenvalue weighted by molar-refractivity contribution is 5.83. The minimum atomic E-state index is -0.771. The normalized spacial score (nSPS) is 13.0. The maximum atomic E-state index is 12.4. The molecule has 2 aromatic rings. The number of allylic oxidation sites excluding steroid dienone is 1. The lowest BCUT2D eigenvalue weighted by atomic mass is 9.77. The molecule has 0 unspecified atom stereocenters. The molecule has 3 heteroatoms. The van der Waals surface area contributed by atoms with Gasteiger partial charge >= 0.3 is 5.97 Å². The van der Waals surface area contributed by atoms with E-state index < -0.39 is 5.41 Å². The van der Waals surface area contributed by atoms with Crippen LogP contribution in [0.1, 0.15) is 31.4 Å². The van der Waals surface area contributed by atoms with Crippen LogP contribution in [0.5, 0.6) is 5.75 Å². The van der Waals surface area contributed by atoms with Crippen molar-refractivity contribution in [2.24, 2.45) is 0 Å². The first-order valence-corrected chi connectivity index (χ1v) is 7.96. The number of rotatable bonds is 7. The van der Waals surface area contributed by atoms with Gasteiger partial charge in [-0.25, -0.2) is 0 Å². The molecule has 3 nitrogen and oxygen atoms in total. The summed E-state index contributed by atoms with van der Waals surface area (Å²) in [4.78, 5) is 12.4. The molecule has 0 aliphatic rings. The van der Waals surface area contributed by atoms with Crippen molar-refractivity contribution in [3.8, 4) is 5.75 Å². The molecule has 0 spiro atoms. The van der Waals surface area contributed by atoms with Crippen LogP contribution >= 0.6 is 0 Å². The van der Waals surface area contributed by atoms with Crippen molar-refractivity contribution >= 4 is 5.97 Å². The Morgan fingerprint density at radius 3 is 2.46 bits per heavy atom. The highest BCUT2D eigenvalue weighted by Gasteiger charge is 2.36. The summed E-state index contributed by atoms with van der Waals surface area (Å²) in [6.07, 6.45) is 0.530. The minimum absolute atomic E-state index is 0.272. The van der Waals surface area contributed by atoms with E-state index in [0.717, 1.165) is 22.4 Å². The Labute approximate surface area is 143 Å². The third-order valence-corrected chi connectivity index (χ3v) is 4.01. The Hall–Kier alpha value is -2.55. The smallest absolute Gasteiger partial charge is 0.316 e. The molecule has 0 aliphatic heterocycles. The summed E-state index contributed by atoms with van der Waals surface area (Å²) in [5, 5.41) is 0. The lowest BCUT2D eigenvalue weighted by Gasteiger charge is -2.27. The number of benzene rings is 2. The van der Waals surface area contributed by atoms with Crippen molar-refractivity contribution in [2.75, 3.05) is 7.11 Å². The van der Waals surface area contributed by atoms with Gasteiger partial charge < -0.3 is 9.47 Å². The first-order chi connectivity index (χ1) is 11.5. The monoisotopic (exact) mass is 324 g/mol. The second kappa shape index (κ2) is 7.82. The Kier molecular flexibility index (Phi) is 5.80. The zero-order valence-electron chi connectivity index (χ0n) is 14.5. The molecule has 126 valence electrons. The topological polar surface area (TPSA) is 35.5 Å². The van der Waals surface area contributed by atoms with Crippen LogP contribution in [-0.2, 0) is 21.6 Å². The molecule has 0 amide bonds. The lowest BCUT2D eigenvalue weighted by molar-refractivity contribution is -0.146. The Bertz CT molecular complexity index is 706. The molecular weight excluding hydrogens is 300 g/mol. The third-order valence-electron chi connectivity index (χ3n) is 4.01. The van der Waals surface area contributed by atoms with Crippen molar-refractivity contribution in [1.29, 1.82) is 0 Å². The van der Waals surface area contributed by atoms with E-state index in [1.165, 1.54) is 7.11 Å². The van der Waals surface area contributed by atoms with Crippen LogP contribution in [-0.4, -0.2) is 13.1 Å². The Morgan fingerprint density at radius 2 is 1.83 bits per heavy atom. The van der Waals surface area contributed by atoms with E-state index in [4.69, 9.17) is 9.47 Å². The first kappa shape index (κ1) is 17.8. The standard InChI is InChI=1S/C21H24O3/c1-16(2)14-21(3,20(22)23-4)18-11-8-12-19(13-18)24-15-17-9-6-5-7-10-17/h5-13H,1,14-15H2,2-4H3/t21-/m0/s1. The average Bonchev–Trinajstić information content (AvgIpc) is 2.59. The van der Waals surface area contributed by atoms with Crippen molar-refractivity contribution in [2.45, 2.75) is 32.3 Å². The van der Waals surface area contributed by atoms with Gasteiger partial charge in [0.15, 0.2) is 0 Å². The van der Waals surface area contributed by atoms with Crippen molar-refractivity contribution in [3.63, 3.8) is 0 Å². The SMILES string of the molecule is C=C(C)C[C@](C)(C(=O)OC)c1cccc(OCc2ccccc2)c1. The molecule has 0 saturated heterocycles. The van der Waals surface area contributed by atoms with Gasteiger partial charge in [0.05, 0.1) is 12.5 Å². The molecule has 0 heterocycles. The number of carbonyl (C=O) groups excluding carboxylic acids is 1. The number of carbonyl (C=O) groups is 1. The van der Waals surface area contributed by atoms with Gasteiger partial charge in [-0.2, -0.15) is 0 Å². The van der Waals surface area contributed by atoms with Crippen LogP contribution < -0.4 is 4.74 Å². The minimum Gasteiger partial charge on any atom is -0.489 e. The predicted molar refractivity (Wildman–Crippen MR) is 96.0 cm³/mol. The third kappa shape index (κ3) is 4.25. The second-order valence-electron chi connectivity index (χ2n) is 6.26. The van der Waals surface area contributed by atoms with E-state index >= 15 is 0 Å². The fraction of sp³-hybridized carbons (Fsp3) is 0.286. The molecule has 0 aliphatic carbocycles. The maximum Gasteiger partial charge on any atom is 0.316 e. The number of hydrogen-bond acceptors (Lipinski definition) is 3. The zero-order chi connectivity index (χ0) is 17.6. The maximum absolute atomic E-state index is 12.4. The average molecular weight is 324 g/mol. The summed E-state index contributed by atoms with van der Waals surface area (Å²) in [6.45, 7) is 8.22. The van der Waals surface area contributed by atoms with Gasteiger partial charge in [0.1, 0.15) is 12.4 Å².